The van der Waals surface area contributed by atoms with Crippen LogP contribution in [-0.2, 0) is 9.53 Å². The Balaban J connectivity index is 1.67. The Morgan fingerprint density at radius 2 is 1.80 bits per heavy atom. The van der Waals surface area contributed by atoms with Crippen LogP contribution < -0.4 is 10.1 Å². The number of nitrogens with one attached hydrogen (secondary N) is 1. The van der Waals surface area contributed by atoms with Crippen molar-refractivity contribution in [2.24, 2.45) is 0 Å². The lowest BCUT2D eigenvalue weighted by atomic mass is 10.1. The van der Waals surface area contributed by atoms with Crippen molar-refractivity contribution in [3.05, 3.63) is 65.0 Å². The average molecular weight is 345 g/mol. The van der Waals surface area contributed by atoms with Crippen LogP contribution >= 0.6 is 0 Å². The van der Waals surface area contributed by atoms with E-state index in [2.05, 4.69) is 5.32 Å². The van der Waals surface area contributed by atoms with Gasteiger partial charge in [0.05, 0.1) is 12.1 Å². The molecule has 6 heteroatoms. The van der Waals surface area contributed by atoms with Crippen LogP contribution in [0.3, 0.4) is 0 Å². The monoisotopic (exact) mass is 345 g/mol. The molecule has 0 bridgehead atoms. The molecule has 0 fully saturated rings. The summed E-state index contributed by atoms with van der Waals surface area (Å²) in [7, 11) is 0. The largest absolute Gasteiger partial charge is 0.491 e. The molecule has 0 aliphatic heterocycles. The second-order valence-electron chi connectivity index (χ2n) is 5.55. The summed E-state index contributed by atoms with van der Waals surface area (Å²) in [6.45, 7) is 4.15. The highest BCUT2D eigenvalue weighted by atomic mass is 19.1. The summed E-state index contributed by atoms with van der Waals surface area (Å²) in [6, 6.07) is 10.8. The van der Waals surface area contributed by atoms with Crippen molar-refractivity contribution < 1.29 is 23.5 Å². The number of carbonyl (C=O) groups excluding carboxylic acids is 2. The first kappa shape index (κ1) is 18.4. The predicted molar refractivity (Wildman–Crippen MR) is 91.1 cm³/mol. The summed E-state index contributed by atoms with van der Waals surface area (Å²) in [5, 5.41) is 2.60. The summed E-state index contributed by atoms with van der Waals surface area (Å²) >= 11 is 0. The minimum atomic E-state index is -0.679. The first-order valence-electron chi connectivity index (χ1n) is 7.85. The number of hydrogen-bond donors (Lipinski definition) is 1. The van der Waals surface area contributed by atoms with Gasteiger partial charge in [0.25, 0.3) is 5.91 Å². The van der Waals surface area contributed by atoms with Gasteiger partial charge in [0.2, 0.25) is 0 Å². The van der Waals surface area contributed by atoms with Gasteiger partial charge < -0.3 is 14.8 Å². The summed E-state index contributed by atoms with van der Waals surface area (Å²) in [5.41, 5.74) is 2.37. The van der Waals surface area contributed by atoms with Crippen LogP contribution in [-0.4, -0.2) is 31.6 Å². The van der Waals surface area contributed by atoms with Gasteiger partial charge in [-0.05, 0) is 49.7 Å². The Kier molecular flexibility index (Phi) is 6.51. The maximum absolute atomic E-state index is 12.8. The fourth-order valence-corrected chi connectivity index (χ4v) is 2.16. The van der Waals surface area contributed by atoms with Crippen molar-refractivity contribution in [3.63, 3.8) is 0 Å². The topological polar surface area (TPSA) is 64.6 Å². The van der Waals surface area contributed by atoms with Crippen LogP contribution in [0.4, 0.5) is 4.39 Å². The molecule has 0 radical (unpaired) electrons. The van der Waals surface area contributed by atoms with Crippen molar-refractivity contribution in [1.29, 1.82) is 0 Å². The smallest absolute Gasteiger partial charge is 0.338 e. The molecule has 2 aromatic rings. The number of hydrogen-bond acceptors (Lipinski definition) is 4. The van der Waals surface area contributed by atoms with E-state index in [1.54, 1.807) is 0 Å². The highest BCUT2D eigenvalue weighted by Gasteiger charge is 2.10. The van der Waals surface area contributed by atoms with E-state index in [-0.39, 0.29) is 5.56 Å². The summed E-state index contributed by atoms with van der Waals surface area (Å²) in [5.74, 6) is -0.790. The van der Waals surface area contributed by atoms with Gasteiger partial charge >= 0.3 is 5.97 Å². The standard InChI is InChI=1S/C19H20FNO4/c1-13-3-8-17(14(2)11-13)24-10-9-21-18(22)12-25-19(23)15-4-6-16(20)7-5-15/h3-8,11H,9-10,12H2,1-2H3,(H,21,22). The molecule has 0 aliphatic rings. The van der Waals surface area contributed by atoms with Gasteiger partial charge in [-0.1, -0.05) is 17.7 Å². The zero-order valence-corrected chi connectivity index (χ0v) is 14.2. The van der Waals surface area contributed by atoms with E-state index in [4.69, 9.17) is 9.47 Å². The molecule has 0 saturated heterocycles. The maximum atomic E-state index is 12.8. The summed E-state index contributed by atoms with van der Waals surface area (Å²) in [4.78, 5) is 23.3. The zero-order valence-electron chi connectivity index (χ0n) is 14.2. The molecule has 2 rings (SSSR count). The highest BCUT2D eigenvalue weighted by molar-refractivity contribution is 5.91. The fraction of sp³-hybridized carbons (Fsp3) is 0.263. The number of esters is 1. The van der Waals surface area contributed by atoms with Crippen molar-refractivity contribution in [2.75, 3.05) is 19.8 Å². The number of carbonyl (C=O) groups is 2. The van der Waals surface area contributed by atoms with Gasteiger partial charge in [0.1, 0.15) is 18.2 Å². The maximum Gasteiger partial charge on any atom is 0.338 e. The number of rotatable bonds is 7. The van der Waals surface area contributed by atoms with Gasteiger partial charge in [-0.15, -0.1) is 0 Å². The lowest BCUT2D eigenvalue weighted by molar-refractivity contribution is -0.124. The normalized spacial score (nSPS) is 10.2. The van der Waals surface area contributed by atoms with Gasteiger partial charge in [0, 0.05) is 0 Å². The number of ether oxygens (including phenoxy) is 2. The molecule has 1 N–H and O–H groups in total. The Morgan fingerprint density at radius 3 is 2.48 bits per heavy atom. The molecule has 25 heavy (non-hydrogen) atoms. The van der Waals surface area contributed by atoms with Crippen LogP contribution in [0.25, 0.3) is 0 Å². The van der Waals surface area contributed by atoms with E-state index in [1.165, 1.54) is 12.1 Å². The lowest BCUT2D eigenvalue weighted by Crippen LogP contribution is -2.32. The van der Waals surface area contributed by atoms with Crippen LogP contribution in [0.2, 0.25) is 0 Å². The highest BCUT2D eigenvalue weighted by Crippen LogP contribution is 2.18. The van der Waals surface area contributed by atoms with Gasteiger partial charge in [-0.25, -0.2) is 9.18 Å². The molecule has 0 saturated carbocycles. The average Bonchev–Trinajstić information content (AvgIpc) is 2.58. The molecule has 0 atom stereocenters. The third kappa shape index (κ3) is 5.91. The summed E-state index contributed by atoms with van der Waals surface area (Å²) < 4.78 is 23.2. The first-order valence-corrected chi connectivity index (χ1v) is 7.85. The van der Waals surface area contributed by atoms with E-state index >= 15 is 0 Å². The van der Waals surface area contributed by atoms with Crippen LogP contribution in [0, 0.1) is 19.7 Å². The molecule has 2 aromatic carbocycles. The van der Waals surface area contributed by atoms with Crippen LogP contribution in [0.5, 0.6) is 5.75 Å². The third-order valence-electron chi connectivity index (χ3n) is 3.43. The van der Waals surface area contributed by atoms with E-state index in [9.17, 15) is 14.0 Å². The number of benzene rings is 2. The van der Waals surface area contributed by atoms with Crippen LogP contribution in [0.1, 0.15) is 21.5 Å². The van der Waals surface area contributed by atoms with E-state index in [1.807, 2.05) is 32.0 Å². The fourth-order valence-electron chi connectivity index (χ4n) is 2.16. The molecule has 0 unspecified atom stereocenters. The quantitative estimate of drug-likeness (QED) is 0.619. The van der Waals surface area contributed by atoms with Crippen molar-refractivity contribution >= 4 is 11.9 Å². The van der Waals surface area contributed by atoms with E-state index < -0.39 is 24.3 Å². The molecule has 0 spiro atoms. The number of amides is 1. The summed E-state index contributed by atoms with van der Waals surface area (Å²) in [6.07, 6.45) is 0. The van der Waals surface area contributed by atoms with E-state index in [0.717, 1.165) is 29.0 Å². The predicted octanol–water partition coefficient (Wildman–Crippen LogP) is 2.79. The van der Waals surface area contributed by atoms with Gasteiger partial charge in [0.15, 0.2) is 6.61 Å². The molecular weight excluding hydrogens is 325 g/mol. The van der Waals surface area contributed by atoms with E-state index in [0.29, 0.717) is 13.2 Å². The Bertz CT molecular complexity index is 744. The Labute approximate surface area is 145 Å². The Hall–Kier alpha value is -2.89. The number of aryl methyl sites for hydroxylation is 2. The number of halogens is 1. The molecule has 132 valence electrons. The molecule has 0 heterocycles. The minimum absolute atomic E-state index is 0.187. The van der Waals surface area contributed by atoms with Gasteiger partial charge in [-0.2, -0.15) is 0 Å². The van der Waals surface area contributed by atoms with Crippen molar-refractivity contribution in [1.82, 2.24) is 5.32 Å². The second-order valence-corrected chi connectivity index (χ2v) is 5.55. The zero-order chi connectivity index (χ0) is 18.2. The molecule has 1 amide bonds. The van der Waals surface area contributed by atoms with Crippen molar-refractivity contribution in [3.8, 4) is 5.75 Å². The molecular formula is C19H20FNO4. The molecule has 0 aliphatic carbocycles. The minimum Gasteiger partial charge on any atom is -0.491 e. The second kappa shape index (κ2) is 8.82. The molecule has 0 aromatic heterocycles. The SMILES string of the molecule is Cc1ccc(OCCNC(=O)COC(=O)c2ccc(F)cc2)c(C)c1. The lowest BCUT2D eigenvalue weighted by Gasteiger charge is -2.10. The van der Waals surface area contributed by atoms with Crippen LogP contribution in [0.15, 0.2) is 42.5 Å². The van der Waals surface area contributed by atoms with Gasteiger partial charge in [-0.3, -0.25) is 4.79 Å². The van der Waals surface area contributed by atoms with Crippen molar-refractivity contribution in [2.45, 2.75) is 13.8 Å². The third-order valence-corrected chi connectivity index (χ3v) is 3.43. The Morgan fingerprint density at radius 1 is 1.08 bits per heavy atom. The molecule has 5 nitrogen and oxygen atoms in total. The first-order chi connectivity index (χ1) is 12.0.